The van der Waals surface area contributed by atoms with Crippen LogP contribution in [0.15, 0.2) is 30.3 Å². The predicted molar refractivity (Wildman–Crippen MR) is 95.6 cm³/mol. The van der Waals surface area contributed by atoms with Gasteiger partial charge >= 0.3 is 0 Å². The molecule has 0 spiro atoms. The zero-order valence-corrected chi connectivity index (χ0v) is 14.6. The average Bonchev–Trinajstić information content (AvgIpc) is 2.54. The van der Waals surface area contributed by atoms with E-state index in [1.54, 1.807) is 0 Å². The Morgan fingerprint density at radius 3 is 2.68 bits per heavy atom. The average molecular weight is 327 g/mol. The number of nitrogens with zero attached hydrogens (tertiary/aromatic N) is 1. The Hall–Kier alpha value is -0.610. The topological polar surface area (TPSA) is 38.5 Å². The molecule has 4 heteroatoms. The van der Waals surface area contributed by atoms with Gasteiger partial charge in [-0.1, -0.05) is 37.3 Å². The van der Waals surface area contributed by atoms with Crippen LogP contribution in [0.4, 0.5) is 0 Å². The minimum Gasteiger partial charge on any atom is -0.378 e. The molecule has 1 aliphatic rings. The molecule has 0 aromatic heterocycles. The molecule has 0 bridgehead atoms. The van der Waals surface area contributed by atoms with E-state index in [0.29, 0.717) is 6.10 Å². The molecule has 1 aliphatic heterocycles. The van der Waals surface area contributed by atoms with Crippen molar-refractivity contribution in [2.75, 3.05) is 32.8 Å². The van der Waals surface area contributed by atoms with Crippen LogP contribution in [0, 0.1) is 5.92 Å². The maximum absolute atomic E-state index is 5.79. The van der Waals surface area contributed by atoms with Crippen LogP contribution in [0.5, 0.6) is 0 Å². The normalized spacial score (nSPS) is 21.6. The van der Waals surface area contributed by atoms with Crippen molar-refractivity contribution in [3.05, 3.63) is 35.9 Å². The van der Waals surface area contributed by atoms with Crippen LogP contribution in [-0.2, 0) is 11.2 Å². The minimum atomic E-state index is 0. The van der Waals surface area contributed by atoms with Gasteiger partial charge in [-0.15, -0.1) is 12.4 Å². The third-order valence-corrected chi connectivity index (χ3v) is 4.45. The van der Waals surface area contributed by atoms with Crippen LogP contribution in [0.1, 0.15) is 31.7 Å². The van der Waals surface area contributed by atoms with E-state index < -0.39 is 0 Å². The van der Waals surface area contributed by atoms with Gasteiger partial charge in [0.15, 0.2) is 0 Å². The predicted octanol–water partition coefficient (Wildman–Crippen LogP) is 3.12. The van der Waals surface area contributed by atoms with E-state index in [9.17, 15) is 0 Å². The number of benzene rings is 1. The summed E-state index contributed by atoms with van der Waals surface area (Å²) < 4.78 is 5.78. The van der Waals surface area contributed by atoms with Crippen LogP contribution in [-0.4, -0.2) is 43.8 Å². The van der Waals surface area contributed by atoms with Crippen LogP contribution in [0.25, 0.3) is 0 Å². The number of rotatable bonds is 8. The molecule has 1 fully saturated rings. The summed E-state index contributed by atoms with van der Waals surface area (Å²) in [6, 6.07) is 10.7. The van der Waals surface area contributed by atoms with E-state index in [1.165, 1.54) is 24.9 Å². The summed E-state index contributed by atoms with van der Waals surface area (Å²) in [6.07, 6.45) is 5.13. The highest BCUT2D eigenvalue weighted by molar-refractivity contribution is 5.85. The molecule has 0 amide bonds. The summed E-state index contributed by atoms with van der Waals surface area (Å²) in [5, 5.41) is 0. The van der Waals surface area contributed by atoms with E-state index in [-0.39, 0.29) is 12.4 Å². The maximum Gasteiger partial charge on any atom is 0.0575 e. The first-order chi connectivity index (χ1) is 10.3. The molecule has 0 aliphatic carbocycles. The second-order valence-electron chi connectivity index (χ2n) is 6.12. The van der Waals surface area contributed by atoms with Crippen LogP contribution < -0.4 is 5.73 Å². The van der Waals surface area contributed by atoms with Crippen molar-refractivity contribution in [1.29, 1.82) is 0 Å². The number of ether oxygens (including phenoxy) is 1. The van der Waals surface area contributed by atoms with Gasteiger partial charge in [0, 0.05) is 32.8 Å². The Morgan fingerprint density at radius 2 is 2.00 bits per heavy atom. The molecule has 2 atom stereocenters. The van der Waals surface area contributed by atoms with Crippen molar-refractivity contribution in [2.45, 2.75) is 38.7 Å². The standard InChI is InChI=1S/C18H30N2O.ClH/c1-2-18-14-17(9-13-21-18)15-20(12-10-19)11-8-16-6-4-3-5-7-16;/h3-7,17-18H,2,8-15,19H2,1H3;1H. The van der Waals surface area contributed by atoms with Crippen LogP contribution in [0.3, 0.4) is 0 Å². The Morgan fingerprint density at radius 1 is 1.23 bits per heavy atom. The second-order valence-corrected chi connectivity index (χ2v) is 6.12. The van der Waals surface area contributed by atoms with Gasteiger partial charge in [0.25, 0.3) is 0 Å². The maximum atomic E-state index is 5.79. The van der Waals surface area contributed by atoms with Crippen molar-refractivity contribution < 1.29 is 4.74 Å². The van der Waals surface area contributed by atoms with Gasteiger partial charge in [0.2, 0.25) is 0 Å². The summed E-state index contributed by atoms with van der Waals surface area (Å²) in [6.45, 7) is 7.17. The lowest BCUT2D eigenvalue weighted by atomic mass is 9.93. The van der Waals surface area contributed by atoms with Crippen molar-refractivity contribution in [3.63, 3.8) is 0 Å². The molecular weight excluding hydrogens is 296 g/mol. The largest absolute Gasteiger partial charge is 0.378 e. The van der Waals surface area contributed by atoms with E-state index in [2.05, 4.69) is 42.2 Å². The third-order valence-electron chi connectivity index (χ3n) is 4.45. The molecule has 1 aromatic rings. The summed E-state index contributed by atoms with van der Waals surface area (Å²) in [7, 11) is 0. The van der Waals surface area contributed by atoms with Crippen molar-refractivity contribution in [3.8, 4) is 0 Å². The van der Waals surface area contributed by atoms with Crippen LogP contribution in [0.2, 0.25) is 0 Å². The zero-order chi connectivity index (χ0) is 14.9. The number of nitrogens with two attached hydrogens (primary N) is 1. The molecular formula is C18H31ClN2O. The van der Waals surface area contributed by atoms with E-state index in [0.717, 1.165) is 45.0 Å². The quantitative estimate of drug-likeness (QED) is 0.797. The smallest absolute Gasteiger partial charge is 0.0575 e. The number of halogens is 1. The van der Waals surface area contributed by atoms with Gasteiger partial charge in [0.05, 0.1) is 6.10 Å². The highest BCUT2D eigenvalue weighted by Crippen LogP contribution is 2.23. The fraction of sp³-hybridized carbons (Fsp3) is 0.667. The molecule has 2 unspecified atom stereocenters. The Balaban J connectivity index is 0.00000242. The molecule has 2 rings (SSSR count). The van der Waals surface area contributed by atoms with Gasteiger partial charge in [-0.2, -0.15) is 0 Å². The minimum absolute atomic E-state index is 0. The fourth-order valence-corrected chi connectivity index (χ4v) is 3.18. The lowest BCUT2D eigenvalue weighted by molar-refractivity contribution is -0.0174. The molecule has 22 heavy (non-hydrogen) atoms. The fourth-order valence-electron chi connectivity index (χ4n) is 3.18. The van der Waals surface area contributed by atoms with Crippen molar-refractivity contribution >= 4 is 12.4 Å². The highest BCUT2D eigenvalue weighted by Gasteiger charge is 2.23. The summed E-state index contributed by atoms with van der Waals surface area (Å²) in [4.78, 5) is 2.54. The van der Waals surface area contributed by atoms with E-state index in [4.69, 9.17) is 10.5 Å². The van der Waals surface area contributed by atoms with Crippen molar-refractivity contribution in [2.24, 2.45) is 11.7 Å². The van der Waals surface area contributed by atoms with Crippen molar-refractivity contribution in [1.82, 2.24) is 4.90 Å². The molecule has 3 nitrogen and oxygen atoms in total. The lowest BCUT2D eigenvalue weighted by Gasteiger charge is -2.33. The first kappa shape index (κ1) is 19.4. The molecule has 1 saturated heterocycles. The Kier molecular flexibility index (Phi) is 9.73. The van der Waals surface area contributed by atoms with Gasteiger partial charge in [-0.3, -0.25) is 0 Å². The Labute approximate surface area is 141 Å². The zero-order valence-electron chi connectivity index (χ0n) is 13.7. The van der Waals surface area contributed by atoms with Gasteiger partial charge in [-0.05, 0) is 37.2 Å². The number of hydrogen-bond acceptors (Lipinski definition) is 3. The Bertz CT molecular complexity index is 388. The molecule has 1 aromatic carbocycles. The third kappa shape index (κ3) is 6.66. The van der Waals surface area contributed by atoms with Gasteiger partial charge in [0.1, 0.15) is 0 Å². The summed E-state index contributed by atoms with van der Waals surface area (Å²) in [5.41, 5.74) is 7.21. The van der Waals surface area contributed by atoms with E-state index in [1.807, 2.05) is 0 Å². The van der Waals surface area contributed by atoms with Crippen LogP contribution >= 0.6 is 12.4 Å². The highest BCUT2D eigenvalue weighted by atomic mass is 35.5. The van der Waals surface area contributed by atoms with E-state index >= 15 is 0 Å². The summed E-state index contributed by atoms with van der Waals surface area (Å²) >= 11 is 0. The molecule has 2 N–H and O–H groups in total. The molecule has 126 valence electrons. The number of hydrogen-bond donors (Lipinski definition) is 1. The van der Waals surface area contributed by atoms with Gasteiger partial charge < -0.3 is 15.4 Å². The lowest BCUT2D eigenvalue weighted by Crippen LogP contribution is -2.38. The monoisotopic (exact) mass is 326 g/mol. The second kappa shape index (κ2) is 11.0. The molecule has 0 saturated carbocycles. The summed E-state index contributed by atoms with van der Waals surface area (Å²) in [5.74, 6) is 0.769. The molecule has 1 heterocycles. The first-order valence-corrected chi connectivity index (χ1v) is 8.39. The SMILES string of the molecule is CCC1CC(CN(CCN)CCc2ccccc2)CCO1.Cl. The molecule has 0 radical (unpaired) electrons. The first-order valence-electron chi connectivity index (χ1n) is 8.39. The van der Waals surface area contributed by atoms with Gasteiger partial charge in [-0.25, -0.2) is 0 Å².